The molecule has 28 heavy (non-hydrogen) atoms. The number of nitrogens with zero attached hydrogens (tertiary/aromatic N) is 3. The Kier molecular flexibility index (Phi) is 6.36. The third-order valence-corrected chi connectivity index (χ3v) is 6.33. The molecule has 2 heterocycles. The van der Waals surface area contributed by atoms with Crippen molar-refractivity contribution in [2.75, 3.05) is 44.3 Å². The molecule has 2 aromatic carbocycles. The zero-order valence-electron chi connectivity index (χ0n) is 15.5. The minimum absolute atomic E-state index is 0.000648. The van der Waals surface area contributed by atoms with Crippen molar-refractivity contribution in [1.29, 1.82) is 0 Å². The van der Waals surface area contributed by atoms with Crippen LogP contribution in [-0.4, -0.2) is 55.2 Å². The van der Waals surface area contributed by atoms with Gasteiger partial charge in [-0.3, -0.25) is 14.6 Å². The summed E-state index contributed by atoms with van der Waals surface area (Å²) >= 11 is 5.07. The number of hydrogen-bond donors (Lipinski definition) is 0. The van der Waals surface area contributed by atoms with Gasteiger partial charge in [-0.15, -0.1) is 0 Å². The minimum atomic E-state index is 0.000648. The average molecular weight is 460 g/mol. The highest BCUT2D eigenvalue weighted by Gasteiger charge is 2.21. The first-order valence-electron chi connectivity index (χ1n) is 9.44. The molecule has 1 aromatic heterocycles. The Balaban J connectivity index is 1.55. The summed E-state index contributed by atoms with van der Waals surface area (Å²) in [6.07, 6.45) is 0.901. The minimum Gasteiger partial charge on any atom is -0.379 e. The summed E-state index contributed by atoms with van der Waals surface area (Å²) < 4.78 is 7.51. The van der Waals surface area contributed by atoms with Crippen LogP contribution in [0, 0.1) is 0 Å². The van der Waals surface area contributed by atoms with Crippen LogP contribution in [0.1, 0.15) is 16.8 Å². The van der Waals surface area contributed by atoms with Crippen molar-refractivity contribution >= 4 is 48.5 Å². The number of hydrogen-bond acceptors (Lipinski definition) is 5. The lowest BCUT2D eigenvalue weighted by Crippen LogP contribution is -2.39. The van der Waals surface area contributed by atoms with E-state index in [1.165, 1.54) is 0 Å². The van der Waals surface area contributed by atoms with Crippen LogP contribution in [-0.2, 0) is 4.74 Å². The lowest BCUT2D eigenvalue weighted by Gasteiger charge is -2.27. The normalized spacial score (nSPS) is 15.0. The second-order valence-corrected chi connectivity index (χ2v) is 8.66. The zero-order valence-corrected chi connectivity index (χ0v) is 17.9. The van der Waals surface area contributed by atoms with Gasteiger partial charge in [0.2, 0.25) is 0 Å². The Bertz CT molecular complexity index is 941. The fourth-order valence-electron chi connectivity index (χ4n) is 3.30. The van der Waals surface area contributed by atoms with Crippen LogP contribution in [0.4, 0.5) is 5.13 Å². The second kappa shape index (κ2) is 9.13. The van der Waals surface area contributed by atoms with Gasteiger partial charge in [0.1, 0.15) is 0 Å². The Morgan fingerprint density at radius 3 is 2.75 bits per heavy atom. The molecule has 0 aliphatic carbocycles. The largest absolute Gasteiger partial charge is 0.379 e. The fraction of sp³-hybridized carbons (Fsp3) is 0.333. The van der Waals surface area contributed by atoms with Crippen LogP contribution in [0.5, 0.6) is 0 Å². The first-order valence-corrected chi connectivity index (χ1v) is 11.0. The monoisotopic (exact) mass is 459 g/mol. The topological polar surface area (TPSA) is 45.7 Å². The number of amides is 1. The number of fused-ring (bicyclic) bond motifs is 1. The molecule has 1 amide bonds. The van der Waals surface area contributed by atoms with Crippen LogP contribution in [0.3, 0.4) is 0 Å². The number of thiazole rings is 1. The standard InChI is InChI=1S/C21H22BrN3O2S/c22-17-7-8-18-19(15-17)28-21(23-18)25(20(26)16-5-2-1-3-6-16)10-4-9-24-11-13-27-14-12-24/h1-3,5-8,15H,4,9-14H2. The van der Waals surface area contributed by atoms with E-state index in [0.29, 0.717) is 12.1 Å². The van der Waals surface area contributed by atoms with Crippen molar-refractivity contribution in [3.05, 3.63) is 58.6 Å². The number of morpholine rings is 1. The molecule has 0 N–H and O–H groups in total. The Labute approximate surface area is 177 Å². The van der Waals surface area contributed by atoms with Crippen LogP contribution in [0.25, 0.3) is 10.2 Å². The van der Waals surface area contributed by atoms with E-state index in [4.69, 9.17) is 9.72 Å². The Hall–Kier alpha value is -1.80. The van der Waals surface area contributed by atoms with Crippen molar-refractivity contribution in [1.82, 2.24) is 9.88 Å². The molecular weight excluding hydrogens is 438 g/mol. The van der Waals surface area contributed by atoms with E-state index >= 15 is 0 Å². The molecule has 0 atom stereocenters. The number of rotatable bonds is 6. The van der Waals surface area contributed by atoms with E-state index in [1.807, 2.05) is 47.4 Å². The molecule has 7 heteroatoms. The van der Waals surface area contributed by atoms with Crippen LogP contribution < -0.4 is 4.90 Å². The van der Waals surface area contributed by atoms with Gasteiger partial charge in [0.05, 0.1) is 23.4 Å². The predicted octanol–water partition coefficient (Wildman–Crippen LogP) is 4.43. The lowest BCUT2D eigenvalue weighted by atomic mass is 10.2. The third kappa shape index (κ3) is 4.60. The maximum Gasteiger partial charge on any atom is 0.260 e. The van der Waals surface area contributed by atoms with E-state index in [-0.39, 0.29) is 5.91 Å². The van der Waals surface area contributed by atoms with Crippen molar-refractivity contribution in [3.63, 3.8) is 0 Å². The number of carbonyl (C=O) groups excluding carboxylic acids is 1. The number of benzene rings is 2. The summed E-state index contributed by atoms with van der Waals surface area (Å²) in [5, 5.41) is 0.754. The van der Waals surface area contributed by atoms with Gasteiger partial charge in [0.15, 0.2) is 5.13 Å². The smallest absolute Gasteiger partial charge is 0.260 e. The van der Waals surface area contributed by atoms with Crippen LogP contribution in [0.15, 0.2) is 53.0 Å². The predicted molar refractivity (Wildman–Crippen MR) is 117 cm³/mol. The molecule has 1 aliphatic heterocycles. The number of carbonyl (C=O) groups is 1. The molecule has 0 unspecified atom stereocenters. The summed E-state index contributed by atoms with van der Waals surface area (Å²) in [5.74, 6) is 0.000648. The highest BCUT2D eigenvalue weighted by atomic mass is 79.9. The first-order chi connectivity index (χ1) is 13.7. The number of anilines is 1. The summed E-state index contributed by atoms with van der Waals surface area (Å²) in [7, 11) is 0. The molecule has 5 nitrogen and oxygen atoms in total. The van der Waals surface area contributed by atoms with Gasteiger partial charge in [-0.05, 0) is 36.8 Å². The fourth-order valence-corrected chi connectivity index (χ4v) is 4.84. The van der Waals surface area contributed by atoms with E-state index < -0.39 is 0 Å². The van der Waals surface area contributed by atoms with Crippen molar-refractivity contribution in [2.24, 2.45) is 0 Å². The molecule has 0 spiro atoms. The van der Waals surface area contributed by atoms with Gasteiger partial charge in [0, 0.05) is 36.2 Å². The maximum atomic E-state index is 13.2. The highest BCUT2D eigenvalue weighted by Crippen LogP contribution is 2.31. The van der Waals surface area contributed by atoms with Gasteiger partial charge >= 0.3 is 0 Å². The molecular formula is C21H22BrN3O2S. The number of aromatic nitrogens is 1. The quantitative estimate of drug-likeness (QED) is 0.546. The Morgan fingerprint density at radius 1 is 1.18 bits per heavy atom. The summed E-state index contributed by atoms with van der Waals surface area (Å²) in [5.41, 5.74) is 1.61. The molecule has 1 fully saturated rings. The van der Waals surface area contributed by atoms with Crippen LogP contribution >= 0.6 is 27.3 Å². The second-order valence-electron chi connectivity index (χ2n) is 6.74. The molecule has 3 aromatic rings. The van der Waals surface area contributed by atoms with Gasteiger partial charge in [-0.25, -0.2) is 4.98 Å². The van der Waals surface area contributed by atoms with E-state index in [1.54, 1.807) is 11.3 Å². The molecule has 146 valence electrons. The lowest BCUT2D eigenvalue weighted by molar-refractivity contribution is 0.0376. The molecule has 0 radical (unpaired) electrons. The van der Waals surface area contributed by atoms with Gasteiger partial charge in [-0.1, -0.05) is 45.5 Å². The summed E-state index contributed by atoms with van der Waals surface area (Å²) in [4.78, 5) is 22.2. The van der Waals surface area contributed by atoms with Gasteiger partial charge < -0.3 is 4.74 Å². The summed E-state index contributed by atoms with van der Waals surface area (Å²) in [6.45, 7) is 5.10. The van der Waals surface area contributed by atoms with E-state index in [2.05, 4.69) is 26.9 Å². The average Bonchev–Trinajstić information content (AvgIpc) is 3.15. The number of ether oxygens (including phenoxy) is 1. The SMILES string of the molecule is O=C(c1ccccc1)N(CCCN1CCOCC1)c1nc2ccc(Br)cc2s1. The highest BCUT2D eigenvalue weighted by molar-refractivity contribution is 9.10. The van der Waals surface area contributed by atoms with Gasteiger partial charge in [0.25, 0.3) is 5.91 Å². The van der Waals surface area contributed by atoms with Crippen molar-refractivity contribution in [3.8, 4) is 0 Å². The summed E-state index contributed by atoms with van der Waals surface area (Å²) in [6, 6.07) is 15.5. The molecule has 0 bridgehead atoms. The molecule has 4 rings (SSSR count). The van der Waals surface area contributed by atoms with E-state index in [9.17, 15) is 4.79 Å². The van der Waals surface area contributed by atoms with Gasteiger partial charge in [-0.2, -0.15) is 0 Å². The third-order valence-electron chi connectivity index (χ3n) is 4.80. The Morgan fingerprint density at radius 2 is 1.96 bits per heavy atom. The maximum absolute atomic E-state index is 13.2. The van der Waals surface area contributed by atoms with Crippen molar-refractivity contribution in [2.45, 2.75) is 6.42 Å². The molecule has 0 saturated carbocycles. The molecule has 1 aliphatic rings. The number of halogens is 1. The van der Waals surface area contributed by atoms with Crippen molar-refractivity contribution < 1.29 is 9.53 Å². The van der Waals surface area contributed by atoms with Crippen LogP contribution in [0.2, 0.25) is 0 Å². The zero-order chi connectivity index (χ0) is 19.3. The molecule has 1 saturated heterocycles. The first kappa shape index (κ1) is 19.5. The van der Waals surface area contributed by atoms with E-state index in [0.717, 1.165) is 59.1 Å².